The Labute approximate surface area is 113 Å². The molecule has 1 amide bonds. The molecule has 1 fully saturated rings. The Morgan fingerprint density at radius 1 is 1.37 bits per heavy atom. The van der Waals surface area contributed by atoms with Gasteiger partial charge in [0, 0.05) is 23.7 Å². The maximum Gasteiger partial charge on any atom is 0.251 e. The largest absolute Gasteiger partial charge is 0.348 e. The maximum atomic E-state index is 13.2. The summed E-state index contributed by atoms with van der Waals surface area (Å²) in [5.41, 5.74) is 1.22. The number of aryl methyl sites for hydroxylation is 1. The lowest BCUT2D eigenvalue weighted by Crippen LogP contribution is -2.54. The van der Waals surface area contributed by atoms with Crippen molar-refractivity contribution < 1.29 is 9.18 Å². The smallest absolute Gasteiger partial charge is 0.251 e. The first kappa shape index (κ1) is 14.0. The first-order chi connectivity index (χ1) is 8.97. The van der Waals surface area contributed by atoms with E-state index in [1.807, 2.05) is 6.92 Å². The zero-order valence-electron chi connectivity index (χ0n) is 11.7. The van der Waals surface area contributed by atoms with Crippen molar-refractivity contribution >= 4 is 5.91 Å². The van der Waals surface area contributed by atoms with Gasteiger partial charge >= 0.3 is 0 Å². The van der Waals surface area contributed by atoms with Gasteiger partial charge in [-0.1, -0.05) is 6.07 Å². The van der Waals surface area contributed by atoms with Gasteiger partial charge < -0.3 is 10.6 Å². The van der Waals surface area contributed by atoms with E-state index in [2.05, 4.69) is 24.5 Å². The topological polar surface area (TPSA) is 41.1 Å². The standard InChI is InChI=1S/C15H21FN2O/c1-9-4-6-12(16)8-13(9)15(19)18-14-7-5-10(2)17-11(14)3/h4,6,8,10-11,14,17H,5,7H2,1-3H3,(H,18,19). The number of carbonyl (C=O) groups is 1. The highest BCUT2D eigenvalue weighted by molar-refractivity contribution is 5.95. The number of nitrogens with one attached hydrogen (secondary N) is 2. The van der Waals surface area contributed by atoms with Gasteiger partial charge in [-0.25, -0.2) is 4.39 Å². The van der Waals surface area contributed by atoms with Gasteiger partial charge in [-0.2, -0.15) is 0 Å². The Balaban J connectivity index is 2.06. The second-order valence-corrected chi connectivity index (χ2v) is 5.47. The number of halogens is 1. The molecule has 3 atom stereocenters. The molecule has 1 aromatic carbocycles. The molecule has 1 saturated heterocycles. The summed E-state index contributed by atoms with van der Waals surface area (Å²) in [4.78, 5) is 12.2. The fourth-order valence-corrected chi connectivity index (χ4v) is 2.61. The van der Waals surface area contributed by atoms with Crippen molar-refractivity contribution in [3.63, 3.8) is 0 Å². The molecule has 2 rings (SSSR count). The van der Waals surface area contributed by atoms with Gasteiger partial charge in [0.05, 0.1) is 0 Å². The maximum absolute atomic E-state index is 13.2. The Bertz CT molecular complexity index is 475. The average Bonchev–Trinajstić information content (AvgIpc) is 2.35. The second kappa shape index (κ2) is 5.70. The van der Waals surface area contributed by atoms with Crippen LogP contribution in [0.1, 0.15) is 42.6 Å². The first-order valence-corrected chi connectivity index (χ1v) is 6.80. The number of rotatable bonds is 2. The summed E-state index contributed by atoms with van der Waals surface area (Å²) >= 11 is 0. The van der Waals surface area contributed by atoms with Crippen LogP contribution >= 0.6 is 0 Å². The van der Waals surface area contributed by atoms with Crippen LogP contribution in [0, 0.1) is 12.7 Å². The summed E-state index contributed by atoms with van der Waals surface area (Å²) in [5.74, 6) is -0.565. The van der Waals surface area contributed by atoms with E-state index in [4.69, 9.17) is 0 Å². The molecule has 0 aliphatic carbocycles. The van der Waals surface area contributed by atoms with Crippen LogP contribution in [-0.4, -0.2) is 24.0 Å². The fraction of sp³-hybridized carbons (Fsp3) is 0.533. The minimum atomic E-state index is -0.376. The predicted octanol–water partition coefficient (Wildman–Crippen LogP) is 2.39. The molecule has 104 valence electrons. The van der Waals surface area contributed by atoms with E-state index >= 15 is 0 Å². The molecule has 0 radical (unpaired) electrons. The Morgan fingerprint density at radius 3 is 2.79 bits per heavy atom. The van der Waals surface area contributed by atoms with E-state index in [1.54, 1.807) is 6.07 Å². The third-order valence-electron chi connectivity index (χ3n) is 3.82. The van der Waals surface area contributed by atoms with E-state index in [9.17, 15) is 9.18 Å². The molecule has 3 nitrogen and oxygen atoms in total. The van der Waals surface area contributed by atoms with Crippen LogP contribution in [0.25, 0.3) is 0 Å². The molecule has 0 spiro atoms. The van der Waals surface area contributed by atoms with Gasteiger partial charge in [0.15, 0.2) is 0 Å². The summed E-state index contributed by atoms with van der Waals surface area (Å²) in [5, 5.41) is 6.43. The third-order valence-corrected chi connectivity index (χ3v) is 3.82. The normalized spacial score (nSPS) is 27.1. The van der Waals surface area contributed by atoms with Crippen molar-refractivity contribution in [3.05, 3.63) is 35.1 Å². The second-order valence-electron chi connectivity index (χ2n) is 5.47. The zero-order valence-corrected chi connectivity index (χ0v) is 11.7. The molecule has 2 N–H and O–H groups in total. The minimum absolute atomic E-state index is 0.103. The quantitative estimate of drug-likeness (QED) is 0.861. The van der Waals surface area contributed by atoms with Crippen LogP contribution < -0.4 is 10.6 Å². The van der Waals surface area contributed by atoms with Crippen LogP contribution in [0.2, 0.25) is 0 Å². The lowest BCUT2D eigenvalue weighted by atomic mass is 9.95. The number of benzene rings is 1. The van der Waals surface area contributed by atoms with Crippen molar-refractivity contribution in [2.45, 2.75) is 51.7 Å². The monoisotopic (exact) mass is 264 g/mol. The number of hydrogen-bond donors (Lipinski definition) is 2. The molecule has 1 aliphatic rings. The molecule has 0 aromatic heterocycles. The van der Waals surface area contributed by atoms with Crippen molar-refractivity contribution in [1.29, 1.82) is 0 Å². The van der Waals surface area contributed by atoms with Crippen LogP contribution in [0.5, 0.6) is 0 Å². The molecule has 1 aliphatic heterocycles. The molecular weight excluding hydrogens is 243 g/mol. The summed E-state index contributed by atoms with van der Waals surface area (Å²) in [7, 11) is 0. The molecule has 1 aromatic rings. The summed E-state index contributed by atoms with van der Waals surface area (Å²) in [6.07, 6.45) is 1.99. The van der Waals surface area contributed by atoms with Gasteiger partial charge in [0.2, 0.25) is 0 Å². The van der Waals surface area contributed by atoms with E-state index in [0.717, 1.165) is 18.4 Å². The van der Waals surface area contributed by atoms with Crippen molar-refractivity contribution in [1.82, 2.24) is 10.6 Å². The highest BCUT2D eigenvalue weighted by atomic mass is 19.1. The summed E-state index contributed by atoms with van der Waals surface area (Å²) < 4.78 is 13.2. The number of hydrogen-bond acceptors (Lipinski definition) is 2. The average molecular weight is 264 g/mol. The van der Waals surface area contributed by atoms with E-state index in [0.29, 0.717) is 11.6 Å². The van der Waals surface area contributed by atoms with Gasteiger partial charge in [0.1, 0.15) is 5.82 Å². The fourth-order valence-electron chi connectivity index (χ4n) is 2.61. The minimum Gasteiger partial charge on any atom is -0.348 e. The highest BCUT2D eigenvalue weighted by Crippen LogP contribution is 2.15. The first-order valence-electron chi connectivity index (χ1n) is 6.80. The van der Waals surface area contributed by atoms with E-state index in [-0.39, 0.29) is 23.8 Å². The zero-order chi connectivity index (χ0) is 14.0. The highest BCUT2D eigenvalue weighted by Gasteiger charge is 2.26. The number of amides is 1. The third kappa shape index (κ3) is 3.32. The lowest BCUT2D eigenvalue weighted by molar-refractivity contribution is 0.0913. The number of piperidine rings is 1. The summed E-state index contributed by atoms with van der Waals surface area (Å²) in [6.45, 7) is 6.03. The van der Waals surface area contributed by atoms with Gasteiger partial charge in [-0.15, -0.1) is 0 Å². The Kier molecular flexibility index (Phi) is 4.20. The number of carbonyl (C=O) groups excluding carboxylic acids is 1. The van der Waals surface area contributed by atoms with Crippen LogP contribution in [0.15, 0.2) is 18.2 Å². The van der Waals surface area contributed by atoms with Crippen LogP contribution in [-0.2, 0) is 0 Å². The summed E-state index contributed by atoms with van der Waals surface area (Å²) in [6, 6.07) is 5.13. The molecule has 1 heterocycles. The van der Waals surface area contributed by atoms with Crippen LogP contribution in [0.3, 0.4) is 0 Å². The SMILES string of the molecule is Cc1ccc(F)cc1C(=O)NC1CCC(C)NC1C. The van der Waals surface area contributed by atoms with Crippen molar-refractivity contribution in [2.75, 3.05) is 0 Å². The van der Waals surface area contributed by atoms with Crippen molar-refractivity contribution in [3.8, 4) is 0 Å². The molecular formula is C15H21FN2O. The molecule has 19 heavy (non-hydrogen) atoms. The van der Waals surface area contributed by atoms with E-state index < -0.39 is 0 Å². The predicted molar refractivity (Wildman–Crippen MR) is 73.7 cm³/mol. The van der Waals surface area contributed by atoms with Gasteiger partial charge in [-0.05, 0) is 51.3 Å². The van der Waals surface area contributed by atoms with Crippen LogP contribution in [0.4, 0.5) is 4.39 Å². The van der Waals surface area contributed by atoms with Gasteiger partial charge in [-0.3, -0.25) is 4.79 Å². The molecule has 0 saturated carbocycles. The molecule has 4 heteroatoms. The lowest BCUT2D eigenvalue weighted by Gasteiger charge is -2.34. The Morgan fingerprint density at radius 2 is 2.11 bits per heavy atom. The molecule has 0 bridgehead atoms. The Hall–Kier alpha value is -1.42. The van der Waals surface area contributed by atoms with Gasteiger partial charge in [0.25, 0.3) is 5.91 Å². The van der Waals surface area contributed by atoms with Crippen molar-refractivity contribution in [2.24, 2.45) is 0 Å². The molecule has 3 unspecified atom stereocenters. The van der Waals surface area contributed by atoms with E-state index in [1.165, 1.54) is 12.1 Å².